The lowest BCUT2D eigenvalue weighted by atomic mass is 9.96. The number of hydrogen-bond donors (Lipinski definition) is 2. The van der Waals surface area contributed by atoms with E-state index in [2.05, 4.69) is 20.3 Å². The number of benzene rings is 1. The number of rotatable bonds is 7. The summed E-state index contributed by atoms with van der Waals surface area (Å²) in [6.07, 6.45) is -3.12. The molecular formula is C19H26F3N3O3. The number of alkyl halides is 3. The highest BCUT2D eigenvalue weighted by molar-refractivity contribution is 5.94. The maximum atomic E-state index is 12.3. The Morgan fingerprint density at radius 1 is 1.25 bits per heavy atom. The molecule has 2 amide bonds. The van der Waals surface area contributed by atoms with Crippen LogP contribution in [-0.4, -0.2) is 55.3 Å². The minimum absolute atomic E-state index is 0.00251. The Hall–Kier alpha value is -2.29. The minimum Gasteiger partial charge on any atom is -0.406 e. The molecule has 9 heteroatoms. The van der Waals surface area contributed by atoms with E-state index in [4.69, 9.17) is 0 Å². The number of carbonyl (C=O) groups is 2. The third kappa shape index (κ3) is 7.75. The molecule has 1 heterocycles. The number of carbonyl (C=O) groups excluding carboxylic acids is 2. The van der Waals surface area contributed by atoms with E-state index in [9.17, 15) is 22.8 Å². The summed E-state index contributed by atoms with van der Waals surface area (Å²) in [5.41, 5.74) is 0.115. The fraction of sp³-hybridized carbons (Fsp3) is 0.579. The lowest BCUT2D eigenvalue weighted by molar-refractivity contribution is -0.274. The normalized spacial score (nSPS) is 16.1. The van der Waals surface area contributed by atoms with Crippen LogP contribution >= 0.6 is 0 Å². The SMILES string of the molecule is CC(C)NC(=O)CN1CCC(CNC(=O)c2cccc(OC(F)(F)F)c2)CC1. The summed E-state index contributed by atoms with van der Waals surface area (Å²) in [5.74, 6) is -0.592. The highest BCUT2D eigenvalue weighted by Crippen LogP contribution is 2.23. The van der Waals surface area contributed by atoms with E-state index >= 15 is 0 Å². The van der Waals surface area contributed by atoms with Gasteiger partial charge >= 0.3 is 6.36 Å². The number of piperidine rings is 1. The van der Waals surface area contributed by atoms with Crippen LogP contribution in [0.2, 0.25) is 0 Å². The van der Waals surface area contributed by atoms with E-state index < -0.39 is 18.0 Å². The maximum Gasteiger partial charge on any atom is 0.573 e. The summed E-state index contributed by atoms with van der Waals surface area (Å²) in [6, 6.07) is 5.11. The molecule has 0 saturated carbocycles. The Morgan fingerprint density at radius 2 is 1.93 bits per heavy atom. The number of likely N-dealkylation sites (tertiary alicyclic amines) is 1. The van der Waals surface area contributed by atoms with Crippen molar-refractivity contribution >= 4 is 11.8 Å². The first kappa shape index (κ1) is 22.0. The van der Waals surface area contributed by atoms with E-state index in [0.717, 1.165) is 38.1 Å². The highest BCUT2D eigenvalue weighted by atomic mass is 19.4. The molecule has 1 aliphatic heterocycles. The van der Waals surface area contributed by atoms with Gasteiger partial charge in [0, 0.05) is 18.2 Å². The zero-order valence-corrected chi connectivity index (χ0v) is 16.0. The van der Waals surface area contributed by atoms with E-state index in [1.54, 1.807) is 0 Å². The minimum atomic E-state index is -4.80. The van der Waals surface area contributed by atoms with Crippen LogP contribution in [0.4, 0.5) is 13.2 Å². The van der Waals surface area contributed by atoms with Gasteiger partial charge in [-0.2, -0.15) is 0 Å². The molecule has 1 aromatic rings. The van der Waals surface area contributed by atoms with E-state index in [0.29, 0.717) is 13.1 Å². The van der Waals surface area contributed by atoms with Gasteiger partial charge in [-0.1, -0.05) is 6.07 Å². The predicted molar refractivity (Wildman–Crippen MR) is 97.9 cm³/mol. The van der Waals surface area contributed by atoms with Gasteiger partial charge < -0.3 is 15.4 Å². The molecule has 156 valence electrons. The molecule has 2 N–H and O–H groups in total. The largest absolute Gasteiger partial charge is 0.573 e. The predicted octanol–water partition coefficient (Wildman–Crippen LogP) is 2.55. The molecule has 0 spiro atoms. The summed E-state index contributed by atoms with van der Waals surface area (Å²) < 4.78 is 40.7. The number of amides is 2. The van der Waals surface area contributed by atoms with Crippen LogP contribution in [-0.2, 0) is 4.79 Å². The molecule has 28 heavy (non-hydrogen) atoms. The van der Waals surface area contributed by atoms with Gasteiger partial charge in [-0.25, -0.2) is 0 Å². The molecule has 0 unspecified atom stereocenters. The van der Waals surface area contributed by atoms with E-state index in [1.165, 1.54) is 12.1 Å². The van der Waals surface area contributed by atoms with Crippen molar-refractivity contribution in [2.75, 3.05) is 26.2 Å². The van der Waals surface area contributed by atoms with Crippen molar-refractivity contribution in [3.05, 3.63) is 29.8 Å². The van der Waals surface area contributed by atoms with Crippen molar-refractivity contribution in [2.24, 2.45) is 5.92 Å². The van der Waals surface area contributed by atoms with Crippen molar-refractivity contribution in [1.29, 1.82) is 0 Å². The maximum absolute atomic E-state index is 12.3. The molecule has 1 saturated heterocycles. The quantitative estimate of drug-likeness (QED) is 0.737. The fourth-order valence-electron chi connectivity index (χ4n) is 3.09. The Labute approximate surface area is 162 Å². The van der Waals surface area contributed by atoms with Gasteiger partial charge in [0.05, 0.1) is 6.54 Å². The van der Waals surface area contributed by atoms with Crippen molar-refractivity contribution in [3.63, 3.8) is 0 Å². The van der Waals surface area contributed by atoms with Crippen molar-refractivity contribution in [3.8, 4) is 5.75 Å². The van der Waals surface area contributed by atoms with Crippen LogP contribution in [0.25, 0.3) is 0 Å². The molecule has 6 nitrogen and oxygen atoms in total. The standard InChI is InChI=1S/C19H26F3N3O3/c1-13(2)24-17(26)12-25-8-6-14(7-9-25)11-23-18(27)15-4-3-5-16(10-15)28-19(20,21)22/h3-5,10,13-14H,6-9,11-12H2,1-2H3,(H,23,27)(H,24,26). The van der Waals surface area contributed by atoms with Crippen LogP contribution in [0.3, 0.4) is 0 Å². The third-order valence-corrected chi connectivity index (χ3v) is 4.41. The average molecular weight is 401 g/mol. The van der Waals surface area contributed by atoms with Gasteiger partial charge in [0.2, 0.25) is 5.91 Å². The fourth-order valence-corrected chi connectivity index (χ4v) is 3.09. The molecular weight excluding hydrogens is 375 g/mol. The molecule has 1 aromatic carbocycles. The first-order chi connectivity index (χ1) is 13.1. The number of nitrogens with one attached hydrogen (secondary N) is 2. The van der Waals surface area contributed by atoms with Crippen molar-refractivity contribution in [2.45, 2.75) is 39.1 Å². The van der Waals surface area contributed by atoms with E-state index in [1.807, 2.05) is 13.8 Å². The van der Waals surface area contributed by atoms with Gasteiger partial charge in [-0.3, -0.25) is 14.5 Å². The number of nitrogens with zero attached hydrogens (tertiary/aromatic N) is 1. The Balaban J connectivity index is 1.75. The topological polar surface area (TPSA) is 70.7 Å². The Kier molecular flexibility index (Phi) is 7.68. The van der Waals surface area contributed by atoms with Crippen LogP contribution in [0, 0.1) is 5.92 Å². The lowest BCUT2D eigenvalue weighted by Crippen LogP contribution is -2.44. The van der Waals surface area contributed by atoms with Gasteiger partial charge in [0.25, 0.3) is 5.91 Å². The molecule has 0 aromatic heterocycles. The molecule has 1 fully saturated rings. The van der Waals surface area contributed by atoms with Crippen molar-refractivity contribution in [1.82, 2.24) is 15.5 Å². The van der Waals surface area contributed by atoms with Crippen LogP contribution in [0.1, 0.15) is 37.0 Å². The van der Waals surface area contributed by atoms with Crippen LogP contribution in [0.5, 0.6) is 5.75 Å². The number of ether oxygens (including phenoxy) is 1. The smallest absolute Gasteiger partial charge is 0.406 e. The second kappa shape index (κ2) is 9.77. The van der Waals surface area contributed by atoms with Crippen LogP contribution in [0.15, 0.2) is 24.3 Å². The Bertz CT molecular complexity index is 672. The van der Waals surface area contributed by atoms with Gasteiger partial charge in [-0.15, -0.1) is 13.2 Å². The van der Waals surface area contributed by atoms with Crippen molar-refractivity contribution < 1.29 is 27.5 Å². The number of halogens is 3. The van der Waals surface area contributed by atoms with Crippen LogP contribution < -0.4 is 15.4 Å². The van der Waals surface area contributed by atoms with Gasteiger partial charge in [-0.05, 0) is 63.9 Å². The number of hydrogen-bond acceptors (Lipinski definition) is 4. The first-order valence-electron chi connectivity index (χ1n) is 9.28. The molecule has 0 bridgehead atoms. The summed E-state index contributed by atoms with van der Waals surface area (Å²) in [4.78, 5) is 26.1. The lowest BCUT2D eigenvalue weighted by Gasteiger charge is -2.31. The second-order valence-corrected chi connectivity index (χ2v) is 7.23. The summed E-state index contributed by atoms with van der Waals surface area (Å²) in [6.45, 7) is 6.16. The first-order valence-corrected chi connectivity index (χ1v) is 9.28. The van der Waals surface area contributed by atoms with Gasteiger partial charge in [0.15, 0.2) is 0 Å². The van der Waals surface area contributed by atoms with Gasteiger partial charge in [0.1, 0.15) is 5.75 Å². The Morgan fingerprint density at radius 3 is 2.54 bits per heavy atom. The summed E-state index contributed by atoms with van der Waals surface area (Å²) in [7, 11) is 0. The zero-order valence-electron chi connectivity index (χ0n) is 16.0. The summed E-state index contributed by atoms with van der Waals surface area (Å²) >= 11 is 0. The molecule has 0 atom stereocenters. The molecule has 0 aliphatic carbocycles. The highest BCUT2D eigenvalue weighted by Gasteiger charge is 2.31. The molecule has 1 aliphatic rings. The zero-order chi connectivity index (χ0) is 20.7. The monoisotopic (exact) mass is 401 g/mol. The molecule has 2 rings (SSSR count). The van der Waals surface area contributed by atoms with E-state index in [-0.39, 0.29) is 23.4 Å². The second-order valence-electron chi connectivity index (χ2n) is 7.23. The third-order valence-electron chi connectivity index (χ3n) is 4.41. The average Bonchev–Trinajstić information content (AvgIpc) is 2.59. The summed E-state index contributed by atoms with van der Waals surface area (Å²) in [5, 5.41) is 5.63. The molecule has 0 radical (unpaired) electrons.